The first-order chi connectivity index (χ1) is 18.8. The molecule has 1 aliphatic heterocycles. The van der Waals surface area contributed by atoms with E-state index in [1.807, 2.05) is 25.1 Å². The lowest BCUT2D eigenvalue weighted by molar-refractivity contribution is -0.148. The number of nitrogens with zero attached hydrogens (tertiary/aromatic N) is 3. The van der Waals surface area contributed by atoms with Crippen molar-refractivity contribution < 1.29 is 34.8 Å². The molecule has 5 rings (SSSR count). The number of nitrogens with two attached hydrogens (primary N) is 1. The fourth-order valence-electron chi connectivity index (χ4n) is 6.95. The Morgan fingerprint density at radius 1 is 1.15 bits per heavy atom. The van der Waals surface area contributed by atoms with E-state index in [0.29, 0.717) is 24.2 Å². The summed E-state index contributed by atoms with van der Waals surface area (Å²) in [5, 5.41) is 45.6. The third-order valence-electron chi connectivity index (χ3n) is 8.80. The molecule has 3 aliphatic carbocycles. The molecule has 6 N–H and O–H groups in total. The van der Waals surface area contributed by atoms with Crippen molar-refractivity contribution in [2.24, 2.45) is 17.6 Å². The van der Waals surface area contributed by atoms with Crippen molar-refractivity contribution >= 4 is 23.2 Å². The van der Waals surface area contributed by atoms with Gasteiger partial charge in [-0.25, -0.2) is 0 Å². The number of aromatic hydroxyl groups is 1. The molecule has 1 amide bonds. The number of amides is 1. The number of hydrogen-bond acceptors (Lipinski definition) is 10. The van der Waals surface area contributed by atoms with E-state index in [0.717, 1.165) is 18.7 Å². The number of benzene rings is 1. The first-order valence-corrected chi connectivity index (χ1v) is 13.4. The van der Waals surface area contributed by atoms with E-state index in [-0.39, 0.29) is 29.7 Å². The van der Waals surface area contributed by atoms with Crippen LogP contribution in [0, 0.1) is 11.8 Å². The van der Waals surface area contributed by atoms with Gasteiger partial charge in [0.15, 0.2) is 11.4 Å². The molecule has 11 nitrogen and oxygen atoms in total. The summed E-state index contributed by atoms with van der Waals surface area (Å²) in [6.45, 7) is 1.92. The summed E-state index contributed by atoms with van der Waals surface area (Å²) in [4.78, 5) is 45.3. The van der Waals surface area contributed by atoms with E-state index in [4.69, 9.17) is 5.73 Å². The first kappa shape index (κ1) is 27.9. The molecule has 0 saturated heterocycles. The normalized spacial score (nSPS) is 28.5. The summed E-state index contributed by atoms with van der Waals surface area (Å²) in [6.07, 6.45) is 5.34. The smallest absolute Gasteiger partial charge is 0.255 e. The Morgan fingerprint density at radius 2 is 1.85 bits per heavy atom. The van der Waals surface area contributed by atoms with Gasteiger partial charge in [0.25, 0.3) is 5.91 Å². The van der Waals surface area contributed by atoms with Gasteiger partial charge < -0.3 is 31.1 Å². The number of phenolic OH excluding ortho intramolecular Hbond substituents is 1. The minimum absolute atomic E-state index is 0.0366. The van der Waals surface area contributed by atoms with Crippen molar-refractivity contribution in [2.45, 2.75) is 37.5 Å². The third kappa shape index (κ3) is 3.94. The first-order valence-electron chi connectivity index (χ1n) is 13.4. The maximum atomic E-state index is 14.1. The molecule has 0 radical (unpaired) electrons. The average Bonchev–Trinajstić information content (AvgIpc) is 2.87. The maximum Gasteiger partial charge on any atom is 0.255 e. The Kier molecular flexibility index (Phi) is 6.80. The van der Waals surface area contributed by atoms with Crippen LogP contribution in [0.15, 0.2) is 40.9 Å². The molecule has 0 aromatic heterocycles. The van der Waals surface area contributed by atoms with Crippen molar-refractivity contribution in [1.29, 1.82) is 0 Å². The minimum Gasteiger partial charge on any atom is -0.510 e. The predicted molar refractivity (Wildman–Crippen MR) is 147 cm³/mol. The van der Waals surface area contributed by atoms with Crippen molar-refractivity contribution in [3.63, 3.8) is 0 Å². The summed E-state index contributed by atoms with van der Waals surface area (Å²) in [7, 11) is 6.91. The van der Waals surface area contributed by atoms with Crippen molar-refractivity contribution in [3.8, 4) is 5.75 Å². The Balaban J connectivity index is 1.68. The number of aliphatic hydroxyl groups excluding tert-OH is 2. The second kappa shape index (κ2) is 9.76. The Hall–Kier alpha value is -3.67. The van der Waals surface area contributed by atoms with Crippen LogP contribution in [0.5, 0.6) is 5.75 Å². The molecule has 0 saturated carbocycles. The van der Waals surface area contributed by atoms with E-state index in [9.17, 15) is 34.8 Å². The van der Waals surface area contributed by atoms with Crippen LogP contribution in [0.3, 0.4) is 0 Å². The summed E-state index contributed by atoms with van der Waals surface area (Å²) < 4.78 is 0. The van der Waals surface area contributed by atoms with E-state index in [2.05, 4.69) is 17.1 Å². The number of Topliss-reactive ketones (excluding diaryl/α,β-unsaturated/α-hetero) is 2. The van der Waals surface area contributed by atoms with Gasteiger partial charge in [0, 0.05) is 56.5 Å². The average molecular weight is 553 g/mol. The van der Waals surface area contributed by atoms with Crippen LogP contribution in [0.2, 0.25) is 0 Å². The summed E-state index contributed by atoms with van der Waals surface area (Å²) in [5.74, 6) is -6.46. The van der Waals surface area contributed by atoms with Gasteiger partial charge in [-0.2, -0.15) is 0 Å². The van der Waals surface area contributed by atoms with Crippen molar-refractivity contribution in [1.82, 2.24) is 9.80 Å². The van der Waals surface area contributed by atoms with Crippen molar-refractivity contribution in [3.05, 3.63) is 57.6 Å². The van der Waals surface area contributed by atoms with Gasteiger partial charge >= 0.3 is 0 Å². The maximum absolute atomic E-state index is 14.1. The Morgan fingerprint density at radius 3 is 2.42 bits per heavy atom. The van der Waals surface area contributed by atoms with Gasteiger partial charge in [-0.05, 0) is 50.9 Å². The molecule has 1 heterocycles. The summed E-state index contributed by atoms with van der Waals surface area (Å²) >= 11 is 0. The zero-order valence-electron chi connectivity index (χ0n) is 23.1. The molecule has 4 atom stereocenters. The number of likely N-dealkylation sites (N-methyl/N-ethyl adjacent to an activating group) is 1. The van der Waals surface area contributed by atoms with Gasteiger partial charge in [0.1, 0.15) is 22.8 Å². The van der Waals surface area contributed by atoms with Crippen molar-refractivity contribution in [2.75, 3.05) is 46.2 Å². The zero-order valence-corrected chi connectivity index (χ0v) is 23.1. The molecule has 0 spiro atoms. The molecule has 4 aliphatic rings. The van der Waals surface area contributed by atoms with Crippen LogP contribution >= 0.6 is 0 Å². The van der Waals surface area contributed by atoms with Gasteiger partial charge in [0.2, 0.25) is 5.78 Å². The van der Waals surface area contributed by atoms with Crippen LogP contribution in [0.1, 0.15) is 34.3 Å². The fraction of sp³-hybridized carbons (Fsp3) is 0.483. The number of allylic oxidation sites excluding steroid dienone is 1. The number of aliphatic hydroxyl groups is 3. The Labute approximate surface area is 232 Å². The molecule has 11 heteroatoms. The van der Waals surface area contributed by atoms with Gasteiger partial charge in [-0.15, -0.1) is 0 Å². The number of hydrogen-bond donors (Lipinski definition) is 5. The van der Waals surface area contributed by atoms with Crippen LogP contribution in [-0.2, 0) is 22.6 Å². The van der Waals surface area contributed by atoms with Gasteiger partial charge in [-0.1, -0.05) is 12.2 Å². The lowest BCUT2D eigenvalue weighted by Crippen LogP contribution is -2.63. The summed E-state index contributed by atoms with van der Waals surface area (Å²) in [6, 6.07) is 0.863. The quantitative estimate of drug-likeness (QED) is 0.262. The molecule has 0 bridgehead atoms. The molecular weight excluding hydrogens is 516 g/mol. The number of carbonyl (C=O) groups is 3. The standard InChI is InChI=1S/C29H36N4O7/c1-31(2)18-12-15(13-33-8-6-5-7-9-33)23(34)20-16(18)10-14-11-17-22(32(3)4)25(36)21(28(30)39)27(38)29(17,40)26(37)19(14)24(20)35/h5-6,12,14,17,22,34,36-37,40H,7-11,13H2,1-4H3,(H2,30,39)/t14-,17-,22-,29-/m0/s1. The lowest BCUT2D eigenvalue weighted by atomic mass is 9.58. The monoisotopic (exact) mass is 552 g/mol. The fourth-order valence-corrected chi connectivity index (χ4v) is 6.95. The van der Waals surface area contributed by atoms with Gasteiger partial charge in [-0.3, -0.25) is 24.2 Å². The number of anilines is 1. The van der Waals surface area contributed by atoms with Crippen LogP contribution in [0.4, 0.5) is 5.69 Å². The number of fused-ring (bicyclic) bond motifs is 3. The lowest BCUT2D eigenvalue weighted by Gasteiger charge is -2.50. The molecule has 214 valence electrons. The number of primary amides is 1. The molecular formula is C29H36N4O7. The molecule has 40 heavy (non-hydrogen) atoms. The van der Waals surface area contributed by atoms with E-state index < -0.39 is 58.0 Å². The largest absolute Gasteiger partial charge is 0.510 e. The minimum atomic E-state index is -2.65. The number of carbonyl (C=O) groups excluding carboxylic acids is 3. The van der Waals surface area contributed by atoms with Crippen LogP contribution in [-0.4, -0.2) is 101 Å². The molecule has 0 unspecified atom stereocenters. The zero-order chi connectivity index (χ0) is 29.3. The van der Waals surface area contributed by atoms with E-state index in [1.165, 1.54) is 4.90 Å². The van der Waals surface area contributed by atoms with E-state index >= 15 is 0 Å². The summed E-state index contributed by atoms with van der Waals surface area (Å²) in [5.41, 5.74) is 3.74. The second-order valence-corrected chi connectivity index (χ2v) is 11.6. The van der Waals surface area contributed by atoms with Gasteiger partial charge in [0.05, 0.1) is 11.6 Å². The highest BCUT2D eigenvalue weighted by Gasteiger charge is 2.63. The topological polar surface area (TPSA) is 168 Å². The highest BCUT2D eigenvalue weighted by atomic mass is 16.3. The molecule has 0 fully saturated rings. The van der Waals surface area contributed by atoms with Crippen LogP contribution < -0.4 is 10.6 Å². The SMILES string of the molecule is CN(C)c1cc(CN2CC=CCC2)c(O)c2c1C[C@H]1C[C@H]3[C@H](N(C)C)C(O)=C(C(N)=O)C(=O)[C@@]3(O)C(O)=C1C2=O. The van der Waals surface area contributed by atoms with E-state index in [1.54, 1.807) is 14.1 Å². The highest BCUT2D eigenvalue weighted by Crippen LogP contribution is 2.53. The third-order valence-corrected chi connectivity index (χ3v) is 8.80. The Bertz CT molecular complexity index is 1410. The molecule has 1 aromatic rings. The number of rotatable bonds is 5. The predicted octanol–water partition coefficient (Wildman–Crippen LogP) is 0.949. The highest BCUT2D eigenvalue weighted by molar-refractivity contribution is 6.24. The molecule has 1 aromatic carbocycles. The number of phenols is 1. The number of ketones is 2. The van der Waals surface area contributed by atoms with Crippen LogP contribution in [0.25, 0.3) is 0 Å². The second-order valence-electron chi connectivity index (χ2n) is 11.6.